The van der Waals surface area contributed by atoms with Gasteiger partial charge in [0.25, 0.3) is 5.69 Å². The Morgan fingerprint density at radius 1 is 1.32 bits per heavy atom. The van der Waals surface area contributed by atoms with E-state index in [2.05, 4.69) is 5.32 Å². The topological polar surface area (TPSA) is 55.2 Å². The van der Waals surface area contributed by atoms with Crippen LogP contribution in [0.15, 0.2) is 18.2 Å². The molecule has 102 valence electrons. The Morgan fingerprint density at radius 2 is 1.95 bits per heavy atom. The number of nitro benzene ring substituents is 1. The first-order chi connectivity index (χ1) is 9.15. The van der Waals surface area contributed by atoms with E-state index in [0.29, 0.717) is 11.6 Å². The van der Waals surface area contributed by atoms with Crippen molar-refractivity contribution in [3.05, 3.63) is 34.1 Å². The lowest BCUT2D eigenvalue weighted by molar-refractivity contribution is -0.384. The molecule has 19 heavy (non-hydrogen) atoms. The van der Waals surface area contributed by atoms with Gasteiger partial charge in [-0.15, -0.1) is 0 Å². The first-order valence-electron chi connectivity index (χ1n) is 6.83. The maximum Gasteiger partial charge on any atom is 0.295 e. The molecule has 0 unspecified atom stereocenters. The monoisotopic (exact) mass is 264 g/mol. The van der Waals surface area contributed by atoms with E-state index in [1.807, 2.05) is 0 Å². The van der Waals surface area contributed by atoms with Crippen molar-refractivity contribution < 1.29 is 9.31 Å². The zero-order valence-corrected chi connectivity index (χ0v) is 10.6. The lowest BCUT2D eigenvalue weighted by Gasteiger charge is -2.17. The van der Waals surface area contributed by atoms with Gasteiger partial charge in [0.2, 0.25) is 0 Å². The third kappa shape index (κ3) is 2.85. The van der Waals surface area contributed by atoms with E-state index in [1.165, 1.54) is 37.8 Å². The Kier molecular flexibility index (Phi) is 3.12. The van der Waals surface area contributed by atoms with Gasteiger partial charge in [0.1, 0.15) is 11.5 Å². The summed E-state index contributed by atoms with van der Waals surface area (Å²) in [5, 5.41) is 14.1. The van der Waals surface area contributed by atoms with Gasteiger partial charge in [-0.05, 0) is 55.6 Å². The number of nitrogens with zero attached hydrogens (tertiary/aromatic N) is 1. The molecule has 0 amide bonds. The van der Waals surface area contributed by atoms with E-state index in [-0.39, 0.29) is 5.69 Å². The third-order valence-electron chi connectivity index (χ3n) is 4.14. The third-order valence-corrected chi connectivity index (χ3v) is 4.14. The largest absolute Gasteiger partial charge is 0.379 e. The molecule has 2 aliphatic rings. The number of nitrogens with one attached hydrogen (secondary N) is 1. The summed E-state index contributed by atoms with van der Waals surface area (Å²) in [5.41, 5.74) is 0.253. The average molecular weight is 264 g/mol. The second kappa shape index (κ2) is 4.79. The summed E-state index contributed by atoms with van der Waals surface area (Å²) in [7, 11) is 0. The Bertz CT molecular complexity index is 486. The fourth-order valence-electron chi connectivity index (χ4n) is 2.80. The smallest absolute Gasteiger partial charge is 0.295 e. The number of benzene rings is 1. The summed E-state index contributed by atoms with van der Waals surface area (Å²) < 4.78 is 13.1. The standard InChI is InChI=1S/C14H17FN2O2/c15-11-5-6-13(14(7-11)17(18)19)16-8-12(9-1-2-9)10-3-4-10/h5-7,9-10,12,16H,1-4,8H2. The summed E-state index contributed by atoms with van der Waals surface area (Å²) in [6.07, 6.45) is 5.14. The Hall–Kier alpha value is -1.65. The molecular weight excluding hydrogens is 247 g/mol. The van der Waals surface area contributed by atoms with Gasteiger partial charge in [-0.25, -0.2) is 4.39 Å². The van der Waals surface area contributed by atoms with Crippen molar-refractivity contribution in [2.45, 2.75) is 25.7 Å². The molecule has 2 aliphatic carbocycles. The van der Waals surface area contributed by atoms with Gasteiger partial charge in [-0.2, -0.15) is 0 Å². The Balaban J connectivity index is 1.70. The molecule has 2 fully saturated rings. The number of hydrogen-bond donors (Lipinski definition) is 1. The second-order valence-electron chi connectivity index (χ2n) is 5.64. The molecule has 3 rings (SSSR count). The van der Waals surface area contributed by atoms with Crippen LogP contribution in [0.2, 0.25) is 0 Å². The molecule has 0 atom stereocenters. The molecule has 0 saturated heterocycles. The van der Waals surface area contributed by atoms with Crippen LogP contribution in [0.25, 0.3) is 0 Å². The summed E-state index contributed by atoms with van der Waals surface area (Å²) in [4.78, 5) is 10.4. The van der Waals surface area contributed by atoms with Gasteiger partial charge in [0.05, 0.1) is 11.0 Å². The van der Waals surface area contributed by atoms with Crippen molar-refractivity contribution in [1.82, 2.24) is 0 Å². The highest BCUT2D eigenvalue weighted by atomic mass is 19.1. The van der Waals surface area contributed by atoms with Crippen LogP contribution in [0.3, 0.4) is 0 Å². The fourth-order valence-corrected chi connectivity index (χ4v) is 2.80. The molecule has 5 heteroatoms. The molecule has 0 heterocycles. The van der Waals surface area contributed by atoms with Gasteiger partial charge in [-0.1, -0.05) is 0 Å². The highest BCUT2D eigenvalue weighted by Gasteiger charge is 2.41. The lowest BCUT2D eigenvalue weighted by Crippen LogP contribution is -2.18. The van der Waals surface area contributed by atoms with Crippen molar-refractivity contribution >= 4 is 11.4 Å². The molecule has 0 aliphatic heterocycles. The SMILES string of the molecule is O=[N+]([O-])c1cc(F)ccc1NCC(C1CC1)C1CC1. The van der Waals surface area contributed by atoms with E-state index in [4.69, 9.17) is 0 Å². The Morgan fingerprint density at radius 3 is 2.47 bits per heavy atom. The zero-order valence-electron chi connectivity index (χ0n) is 10.6. The van der Waals surface area contributed by atoms with Crippen molar-refractivity contribution in [2.75, 3.05) is 11.9 Å². The summed E-state index contributed by atoms with van der Waals surface area (Å²) in [6, 6.07) is 3.70. The number of nitro groups is 1. The molecule has 0 aromatic heterocycles. The van der Waals surface area contributed by atoms with E-state index < -0.39 is 10.7 Å². The molecule has 1 aromatic carbocycles. The highest BCUT2D eigenvalue weighted by molar-refractivity contribution is 5.61. The molecule has 0 spiro atoms. The molecule has 4 nitrogen and oxygen atoms in total. The second-order valence-corrected chi connectivity index (χ2v) is 5.64. The molecule has 1 N–H and O–H groups in total. The van der Waals surface area contributed by atoms with Gasteiger partial charge < -0.3 is 5.32 Å². The van der Waals surface area contributed by atoms with E-state index in [9.17, 15) is 14.5 Å². The molecule has 0 radical (unpaired) electrons. The first kappa shape index (κ1) is 12.4. The Labute approximate surface area is 111 Å². The van der Waals surface area contributed by atoms with Gasteiger partial charge >= 0.3 is 0 Å². The normalized spacial score (nSPS) is 18.6. The number of rotatable bonds is 6. The van der Waals surface area contributed by atoms with Gasteiger partial charge in [0.15, 0.2) is 0 Å². The van der Waals surface area contributed by atoms with Crippen LogP contribution in [-0.2, 0) is 0 Å². The zero-order chi connectivity index (χ0) is 13.4. The van der Waals surface area contributed by atoms with E-state index >= 15 is 0 Å². The predicted octanol–water partition coefficient (Wildman–Crippen LogP) is 3.58. The number of hydrogen-bond acceptors (Lipinski definition) is 3. The maximum atomic E-state index is 13.1. The molecular formula is C14H17FN2O2. The van der Waals surface area contributed by atoms with E-state index in [0.717, 1.165) is 24.4 Å². The minimum absolute atomic E-state index is 0.176. The first-order valence-corrected chi connectivity index (χ1v) is 6.83. The van der Waals surface area contributed by atoms with Crippen molar-refractivity contribution in [3.8, 4) is 0 Å². The van der Waals surface area contributed by atoms with Crippen LogP contribution in [0.5, 0.6) is 0 Å². The number of anilines is 1. The van der Waals surface area contributed by atoms with Crippen LogP contribution in [0.1, 0.15) is 25.7 Å². The van der Waals surface area contributed by atoms with Gasteiger partial charge in [0, 0.05) is 6.54 Å². The molecule has 2 saturated carbocycles. The minimum atomic E-state index is -0.571. The summed E-state index contributed by atoms with van der Waals surface area (Å²) in [6.45, 7) is 0.766. The van der Waals surface area contributed by atoms with Crippen LogP contribution < -0.4 is 5.32 Å². The van der Waals surface area contributed by atoms with Crippen LogP contribution in [0, 0.1) is 33.7 Å². The quantitative estimate of drug-likeness (QED) is 0.631. The predicted molar refractivity (Wildman–Crippen MR) is 70.5 cm³/mol. The lowest BCUT2D eigenvalue weighted by atomic mass is 9.98. The average Bonchev–Trinajstić information content (AvgIpc) is 3.25. The molecule has 1 aromatic rings. The highest BCUT2D eigenvalue weighted by Crippen LogP contribution is 2.49. The maximum absolute atomic E-state index is 13.1. The van der Waals surface area contributed by atoms with Crippen LogP contribution in [-0.4, -0.2) is 11.5 Å². The van der Waals surface area contributed by atoms with Crippen molar-refractivity contribution in [3.63, 3.8) is 0 Å². The van der Waals surface area contributed by atoms with E-state index in [1.54, 1.807) is 0 Å². The number of halogens is 1. The van der Waals surface area contributed by atoms with Gasteiger partial charge in [-0.3, -0.25) is 10.1 Å². The minimum Gasteiger partial charge on any atom is -0.379 e. The van der Waals surface area contributed by atoms with Crippen LogP contribution in [0.4, 0.5) is 15.8 Å². The van der Waals surface area contributed by atoms with Crippen LogP contribution >= 0.6 is 0 Å². The molecule has 0 bridgehead atoms. The fraction of sp³-hybridized carbons (Fsp3) is 0.571. The van der Waals surface area contributed by atoms with Crippen molar-refractivity contribution in [1.29, 1.82) is 0 Å². The summed E-state index contributed by atoms with van der Waals surface area (Å²) in [5.74, 6) is 1.64. The summed E-state index contributed by atoms with van der Waals surface area (Å²) >= 11 is 0. The van der Waals surface area contributed by atoms with Crippen molar-refractivity contribution in [2.24, 2.45) is 17.8 Å².